The third kappa shape index (κ3) is 3.74. The van der Waals surface area contributed by atoms with Gasteiger partial charge in [-0.1, -0.05) is 48.5 Å². The number of halogens is 1. The summed E-state index contributed by atoms with van der Waals surface area (Å²) in [6.07, 6.45) is 1.20. The molecule has 0 spiro atoms. The third-order valence-electron chi connectivity index (χ3n) is 2.81. The SMILES string of the molecule is N#C[C@H](C(=O)N/N=C\c1ccccc1F)c1ccccc1. The van der Waals surface area contributed by atoms with Gasteiger partial charge >= 0.3 is 0 Å². The zero-order valence-electron chi connectivity index (χ0n) is 11.0. The van der Waals surface area contributed by atoms with E-state index in [-0.39, 0.29) is 5.56 Å². The number of hydrazone groups is 1. The van der Waals surface area contributed by atoms with Gasteiger partial charge in [0.25, 0.3) is 5.91 Å². The molecule has 0 radical (unpaired) electrons. The van der Waals surface area contributed by atoms with Gasteiger partial charge in [0.2, 0.25) is 0 Å². The molecule has 0 aliphatic heterocycles. The lowest BCUT2D eigenvalue weighted by Crippen LogP contribution is -2.24. The Balaban J connectivity index is 2.05. The highest BCUT2D eigenvalue weighted by Gasteiger charge is 2.19. The van der Waals surface area contributed by atoms with Crippen LogP contribution in [0.15, 0.2) is 59.7 Å². The van der Waals surface area contributed by atoms with Gasteiger partial charge in [-0.2, -0.15) is 10.4 Å². The first-order chi connectivity index (χ1) is 10.2. The van der Waals surface area contributed by atoms with E-state index in [2.05, 4.69) is 10.5 Å². The number of carbonyl (C=O) groups is 1. The molecule has 0 aliphatic rings. The number of nitrogens with zero attached hydrogens (tertiary/aromatic N) is 2. The maximum Gasteiger partial charge on any atom is 0.261 e. The van der Waals surface area contributed by atoms with E-state index in [9.17, 15) is 9.18 Å². The average molecular weight is 281 g/mol. The number of carbonyl (C=O) groups excluding carboxylic acids is 1. The van der Waals surface area contributed by atoms with Gasteiger partial charge in [0.1, 0.15) is 5.82 Å². The Labute approximate surface area is 121 Å². The van der Waals surface area contributed by atoms with Gasteiger partial charge in [-0.25, -0.2) is 9.82 Å². The second kappa shape index (κ2) is 6.96. The second-order valence-corrected chi connectivity index (χ2v) is 4.23. The monoisotopic (exact) mass is 281 g/mol. The summed E-state index contributed by atoms with van der Waals surface area (Å²) in [5.41, 5.74) is 3.09. The van der Waals surface area contributed by atoms with Crippen LogP contribution in [-0.4, -0.2) is 12.1 Å². The minimum absolute atomic E-state index is 0.256. The lowest BCUT2D eigenvalue weighted by molar-refractivity contribution is -0.121. The topological polar surface area (TPSA) is 65.2 Å². The summed E-state index contributed by atoms with van der Waals surface area (Å²) in [5.74, 6) is -1.95. The molecule has 0 aliphatic carbocycles. The molecule has 0 saturated carbocycles. The number of hydrogen-bond donors (Lipinski definition) is 1. The first kappa shape index (κ1) is 14.4. The molecule has 0 aromatic heterocycles. The van der Waals surface area contributed by atoms with Crippen LogP contribution in [0.2, 0.25) is 0 Å². The van der Waals surface area contributed by atoms with Crippen molar-refractivity contribution in [2.75, 3.05) is 0 Å². The van der Waals surface area contributed by atoms with Crippen molar-refractivity contribution in [3.63, 3.8) is 0 Å². The molecule has 2 rings (SSSR count). The molecule has 104 valence electrons. The smallest absolute Gasteiger partial charge is 0.261 e. The molecule has 1 atom stereocenters. The van der Waals surface area contributed by atoms with Crippen molar-refractivity contribution in [1.29, 1.82) is 5.26 Å². The highest BCUT2D eigenvalue weighted by atomic mass is 19.1. The summed E-state index contributed by atoms with van der Waals surface area (Å²) in [4.78, 5) is 11.9. The van der Waals surface area contributed by atoms with Crippen LogP contribution in [0.5, 0.6) is 0 Å². The zero-order valence-corrected chi connectivity index (χ0v) is 11.0. The molecule has 0 bridgehead atoms. The van der Waals surface area contributed by atoms with E-state index < -0.39 is 17.6 Å². The summed E-state index contributed by atoms with van der Waals surface area (Å²) < 4.78 is 13.3. The Morgan fingerprint density at radius 1 is 1.19 bits per heavy atom. The third-order valence-corrected chi connectivity index (χ3v) is 2.81. The summed E-state index contributed by atoms with van der Waals surface area (Å²) in [6.45, 7) is 0. The van der Waals surface area contributed by atoms with E-state index in [1.165, 1.54) is 18.3 Å². The Kier molecular flexibility index (Phi) is 4.78. The molecular weight excluding hydrogens is 269 g/mol. The number of nitrogens with one attached hydrogen (secondary N) is 1. The number of hydrogen-bond acceptors (Lipinski definition) is 3. The lowest BCUT2D eigenvalue weighted by Gasteiger charge is -2.07. The summed E-state index contributed by atoms with van der Waals surface area (Å²) in [5, 5.41) is 12.8. The first-order valence-corrected chi connectivity index (χ1v) is 6.24. The van der Waals surface area contributed by atoms with E-state index in [4.69, 9.17) is 5.26 Å². The predicted octanol–water partition coefficient (Wildman–Crippen LogP) is 2.58. The zero-order chi connectivity index (χ0) is 15.1. The summed E-state index contributed by atoms with van der Waals surface area (Å²) in [7, 11) is 0. The van der Waals surface area contributed by atoms with Gasteiger partial charge in [0.15, 0.2) is 5.92 Å². The van der Waals surface area contributed by atoms with Crippen molar-refractivity contribution in [2.24, 2.45) is 5.10 Å². The van der Waals surface area contributed by atoms with Crippen LogP contribution < -0.4 is 5.43 Å². The molecular formula is C16H12FN3O. The number of nitriles is 1. The molecule has 2 aromatic rings. The Morgan fingerprint density at radius 2 is 1.86 bits per heavy atom. The van der Waals surface area contributed by atoms with Crippen molar-refractivity contribution in [2.45, 2.75) is 5.92 Å². The van der Waals surface area contributed by atoms with Gasteiger partial charge in [0.05, 0.1) is 12.3 Å². The van der Waals surface area contributed by atoms with Crippen LogP contribution in [-0.2, 0) is 4.79 Å². The average Bonchev–Trinajstić information content (AvgIpc) is 2.51. The van der Waals surface area contributed by atoms with Gasteiger partial charge in [-0.15, -0.1) is 0 Å². The molecule has 4 nitrogen and oxygen atoms in total. The molecule has 0 fully saturated rings. The fraction of sp³-hybridized carbons (Fsp3) is 0.0625. The van der Waals surface area contributed by atoms with Crippen LogP contribution in [0.1, 0.15) is 17.0 Å². The Morgan fingerprint density at radius 3 is 2.52 bits per heavy atom. The highest BCUT2D eigenvalue weighted by Crippen LogP contribution is 2.14. The van der Waals surface area contributed by atoms with Crippen LogP contribution in [0.4, 0.5) is 4.39 Å². The molecule has 1 amide bonds. The molecule has 0 heterocycles. The van der Waals surface area contributed by atoms with Crippen molar-refractivity contribution in [1.82, 2.24) is 5.43 Å². The van der Waals surface area contributed by atoms with E-state index in [0.29, 0.717) is 5.56 Å². The van der Waals surface area contributed by atoms with E-state index in [0.717, 1.165) is 0 Å². The van der Waals surface area contributed by atoms with Crippen molar-refractivity contribution in [3.8, 4) is 6.07 Å². The van der Waals surface area contributed by atoms with Crippen molar-refractivity contribution in [3.05, 3.63) is 71.5 Å². The largest absolute Gasteiger partial charge is 0.271 e. The molecule has 2 aromatic carbocycles. The van der Waals surface area contributed by atoms with Crippen LogP contribution >= 0.6 is 0 Å². The van der Waals surface area contributed by atoms with Crippen molar-refractivity contribution < 1.29 is 9.18 Å². The summed E-state index contributed by atoms with van der Waals surface area (Å²) in [6, 6.07) is 16.6. The number of rotatable bonds is 4. The van der Waals surface area contributed by atoms with Gasteiger partial charge in [-0.05, 0) is 11.6 Å². The number of benzene rings is 2. The predicted molar refractivity (Wildman–Crippen MR) is 76.9 cm³/mol. The quantitative estimate of drug-likeness (QED) is 0.691. The minimum atomic E-state index is -0.955. The van der Waals surface area contributed by atoms with Gasteiger partial charge in [0, 0.05) is 5.56 Å². The Bertz CT molecular complexity index is 692. The minimum Gasteiger partial charge on any atom is -0.271 e. The van der Waals surface area contributed by atoms with Crippen LogP contribution in [0.3, 0.4) is 0 Å². The van der Waals surface area contributed by atoms with Gasteiger partial charge in [-0.3, -0.25) is 4.79 Å². The molecule has 0 unspecified atom stereocenters. The first-order valence-electron chi connectivity index (χ1n) is 6.24. The molecule has 1 N–H and O–H groups in total. The standard InChI is InChI=1S/C16H12FN3O/c17-15-9-5-4-8-13(15)11-19-20-16(21)14(10-18)12-6-2-1-3-7-12/h1-9,11,14H,(H,20,21)/b19-11-/t14-/m0/s1. The summed E-state index contributed by atoms with van der Waals surface area (Å²) >= 11 is 0. The number of amides is 1. The highest BCUT2D eigenvalue weighted by molar-refractivity contribution is 5.88. The van der Waals surface area contributed by atoms with Crippen molar-refractivity contribution >= 4 is 12.1 Å². The Hall–Kier alpha value is -3.00. The fourth-order valence-electron chi connectivity index (χ4n) is 1.74. The maximum absolute atomic E-state index is 13.3. The molecule has 21 heavy (non-hydrogen) atoms. The lowest BCUT2D eigenvalue weighted by atomic mass is 10.0. The van der Waals surface area contributed by atoms with Gasteiger partial charge < -0.3 is 0 Å². The van der Waals surface area contributed by atoms with Crippen LogP contribution in [0.25, 0.3) is 0 Å². The maximum atomic E-state index is 13.3. The fourth-order valence-corrected chi connectivity index (χ4v) is 1.74. The second-order valence-electron chi connectivity index (χ2n) is 4.23. The van der Waals surface area contributed by atoms with Crippen LogP contribution in [0, 0.1) is 17.1 Å². The molecule has 0 saturated heterocycles. The van der Waals surface area contributed by atoms with E-state index in [1.807, 2.05) is 6.07 Å². The molecule has 5 heteroatoms. The van der Waals surface area contributed by atoms with E-state index in [1.54, 1.807) is 42.5 Å². The van der Waals surface area contributed by atoms with E-state index >= 15 is 0 Å². The normalized spacial score (nSPS) is 11.8.